The van der Waals surface area contributed by atoms with Gasteiger partial charge < -0.3 is 10.6 Å². The molecule has 5 heteroatoms. The van der Waals surface area contributed by atoms with Gasteiger partial charge in [-0.15, -0.1) is 0 Å². The van der Waals surface area contributed by atoms with E-state index >= 15 is 0 Å². The summed E-state index contributed by atoms with van der Waals surface area (Å²) in [7, 11) is 0. The molecule has 0 fully saturated rings. The Morgan fingerprint density at radius 3 is 2.57 bits per heavy atom. The van der Waals surface area contributed by atoms with Gasteiger partial charge in [0, 0.05) is 16.7 Å². The molecule has 1 heterocycles. The van der Waals surface area contributed by atoms with Crippen molar-refractivity contribution in [3.63, 3.8) is 0 Å². The molecule has 0 saturated heterocycles. The third kappa shape index (κ3) is 5.36. The Hall–Kier alpha value is -1.88. The van der Waals surface area contributed by atoms with Crippen LogP contribution >= 0.6 is 15.9 Å². The topological polar surface area (TPSA) is 54.0 Å². The Bertz CT molecular complexity index is 668. The minimum atomic E-state index is -0.128. The standard InChI is InChI=1S/C18H22BrN3O/c1-12(2)8-9-20-18(23)17-7-5-15(11-21-17)22-14-4-6-16(19)13(3)10-14/h4-7,10-12,22H,8-9H2,1-3H3,(H,20,23). The predicted molar refractivity (Wildman–Crippen MR) is 98.2 cm³/mol. The van der Waals surface area contributed by atoms with E-state index in [2.05, 4.69) is 51.5 Å². The lowest BCUT2D eigenvalue weighted by Gasteiger charge is -2.09. The van der Waals surface area contributed by atoms with Crippen molar-refractivity contribution in [1.29, 1.82) is 0 Å². The molecule has 0 unspecified atom stereocenters. The van der Waals surface area contributed by atoms with Crippen molar-refractivity contribution in [1.82, 2.24) is 10.3 Å². The number of halogens is 1. The molecule has 1 amide bonds. The van der Waals surface area contributed by atoms with Crippen molar-refractivity contribution < 1.29 is 4.79 Å². The number of anilines is 2. The number of amides is 1. The van der Waals surface area contributed by atoms with E-state index in [1.165, 1.54) is 0 Å². The first-order chi connectivity index (χ1) is 11.0. The zero-order valence-corrected chi connectivity index (χ0v) is 15.3. The number of nitrogens with one attached hydrogen (secondary N) is 2. The molecular formula is C18H22BrN3O. The average molecular weight is 376 g/mol. The summed E-state index contributed by atoms with van der Waals surface area (Å²) >= 11 is 3.49. The maximum absolute atomic E-state index is 12.0. The summed E-state index contributed by atoms with van der Waals surface area (Å²) < 4.78 is 1.08. The van der Waals surface area contributed by atoms with Crippen LogP contribution in [0.15, 0.2) is 41.0 Å². The molecule has 1 aromatic carbocycles. The zero-order valence-electron chi connectivity index (χ0n) is 13.7. The monoisotopic (exact) mass is 375 g/mol. The Labute approximate surface area is 145 Å². The Morgan fingerprint density at radius 2 is 1.96 bits per heavy atom. The van der Waals surface area contributed by atoms with Gasteiger partial charge in [0.25, 0.3) is 5.91 Å². The highest BCUT2D eigenvalue weighted by Crippen LogP contribution is 2.22. The number of hydrogen-bond acceptors (Lipinski definition) is 3. The zero-order chi connectivity index (χ0) is 16.8. The van der Waals surface area contributed by atoms with Crippen LogP contribution in [0.1, 0.15) is 36.3 Å². The molecule has 4 nitrogen and oxygen atoms in total. The second-order valence-corrected chi connectivity index (χ2v) is 6.81. The smallest absolute Gasteiger partial charge is 0.269 e. The van der Waals surface area contributed by atoms with Crippen LogP contribution < -0.4 is 10.6 Å². The first-order valence-electron chi connectivity index (χ1n) is 7.73. The largest absolute Gasteiger partial charge is 0.354 e. The van der Waals surface area contributed by atoms with Gasteiger partial charge in [0.1, 0.15) is 5.69 Å². The Morgan fingerprint density at radius 1 is 1.22 bits per heavy atom. The van der Waals surface area contributed by atoms with Crippen LogP contribution in [0.2, 0.25) is 0 Å². The summed E-state index contributed by atoms with van der Waals surface area (Å²) in [5.41, 5.74) is 3.43. The van der Waals surface area contributed by atoms with Crippen molar-refractivity contribution in [2.45, 2.75) is 27.2 Å². The molecular weight excluding hydrogens is 354 g/mol. The van der Waals surface area contributed by atoms with Gasteiger partial charge >= 0.3 is 0 Å². The maximum Gasteiger partial charge on any atom is 0.269 e. The summed E-state index contributed by atoms with van der Waals surface area (Å²) in [5, 5.41) is 6.17. The minimum absolute atomic E-state index is 0.128. The summed E-state index contributed by atoms with van der Waals surface area (Å²) in [4.78, 5) is 16.2. The first-order valence-corrected chi connectivity index (χ1v) is 8.52. The molecule has 23 heavy (non-hydrogen) atoms. The van der Waals surface area contributed by atoms with E-state index in [1.54, 1.807) is 12.3 Å². The second-order valence-electron chi connectivity index (χ2n) is 5.96. The molecule has 2 N–H and O–H groups in total. The van der Waals surface area contributed by atoms with Crippen LogP contribution in [0.4, 0.5) is 11.4 Å². The van der Waals surface area contributed by atoms with E-state index in [9.17, 15) is 4.79 Å². The average Bonchev–Trinajstić information content (AvgIpc) is 2.51. The number of nitrogens with zero attached hydrogens (tertiary/aromatic N) is 1. The van der Waals surface area contributed by atoms with Crippen molar-refractivity contribution in [3.8, 4) is 0 Å². The maximum atomic E-state index is 12.0. The third-order valence-electron chi connectivity index (χ3n) is 3.45. The van der Waals surface area contributed by atoms with Crippen LogP contribution in [-0.2, 0) is 0 Å². The number of carbonyl (C=O) groups is 1. The number of aryl methyl sites for hydroxylation is 1. The van der Waals surface area contributed by atoms with E-state index in [0.29, 0.717) is 18.2 Å². The molecule has 0 spiro atoms. The molecule has 0 saturated carbocycles. The van der Waals surface area contributed by atoms with E-state index < -0.39 is 0 Å². The Kier molecular flexibility index (Phi) is 6.16. The van der Waals surface area contributed by atoms with Crippen LogP contribution in [0.25, 0.3) is 0 Å². The predicted octanol–water partition coefficient (Wildman–Crippen LogP) is 4.67. The van der Waals surface area contributed by atoms with Gasteiger partial charge in [0.2, 0.25) is 0 Å². The number of pyridine rings is 1. The fourth-order valence-electron chi connectivity index (χ4n) is 2.06. The highest BCUT2D eigenvalue weighted by Gasteiger charge is 2.07. The van der Waals surface area contributed by atoms with Crippen molar-refractivity contribution in [2.75, 3.05) is 11.9 Å². The number of aromatic nitrogens is 1. The molecule has 1 aromatic heterocycles. The van der Waals surface area contributed by atoms with E-state index in [-0.39, 0.29) is 5.91 Å². The van der Waals surface area contributed by atoms with Gasteiger partial charge in [-0.2, -0.15) is 0 Å². The normalized spacial score (nSPS) is 10.7. The van der Waals surface area contributed by atoms with Gasteiger partial charge in [-0.3, -0.25) is 4.79 Å². The molecule has 122 valence electrons. The third-order valence-corrected chi connectivity index (χ3v) is 4.34. The molecule has 0 aliphatic rings. The van der Waals surface area contributed by atoms with Gasteiger partial charge in [0.15, 0.2) is 0 Å². The van der Waals surface area contributed by atoms with Crippen LogP contribution in [0, 0.1) is 12.8 Å². The second kappa shape index (κ2) is 8.11. The van der Waals surface area contributed by atoms with Gasteiger partial charge in [0.05, 0.1) is 11.9 Å². The fraction of sp³-hybridized carbons (Fsp3) is 0.333. The van der Waals surface area contributed by atoms with E-state index in [1.807, 2.05) is 25.1 Å². The van der Waals surface area contributed by atoms with Crippen molar-refractivity contribution in [2.24, 2.45) is 5.92 Å². The Balaban J connectivity index is 1.96. The van der Waals surface area contributed by atoms with Crippen LogP contribution in [0.5, 0.6) is 0 Å². The number of hydrogen-bond donors (Lipinski definition) is 2. The summed E-state index contributed by atoms with van der Waals surface area (Å²) in [6.45, 7) is 6.98. The SMILES string of the molecule is Cc1cc(Nc2ccc(C(=O)NCCC(C)C)nc2)ccc1Br. The van der Waals surface area contributed by atoms with Crippen molar-refractivity contribution in [3.05, 3.63) is 52.3 Å². The molecule has 0 aliphatic carbocycles. The van der Waals surface area contributed by atoms with Crippen LogP contribution in [-0.4, -0.2) is 17.4 Å². The molecule has 0 radical (unpaired) electrons. The quantitative estimate of drug-likeness (QED) is 0.770. The molecule has 2 rings (SSSR count). The lowest BCUT2D eigenvalue weighted by atomic mass is 10.1. The van der Waals surface area contributed by atoms with Gasteiger partial charge in [-0.1, -0.05) is 29.8 Å². The number of carbonyl (C=O) groups excluding carboxylic acids is 1. The highest BCUT2D eigenvalue weighted by molar-refractivity contribution is 9.10. The summed E-state index contributed by atoms with van der Waals surface area (Å²) in [6.07, 6.45) is 2.64. The molecule has 0 bridgehead atoms. The van der Waals surface area contributed by atoms with Crippen molar-refractivity contribution >= 4 is 33.2 Å². The summed E-state index contributed by atoms with van der Waals surface area (Å²) in [6, 6.07) is 9.64. The molecule has 0 atom stereocenters. The highest BCUT2D eigenvalue weighted by atomic mass is 79.9. The minimum Gasteiger partial charge on any atom is -0.354 e. The lowest BCUT2D eigenvalue weighted by Crippen LogP contribution is -2.26. The van der Waals surface area contributed by atoms with Gasteiger partial charge in [-0.25, -0.2) is 4.98 Å². The van der Waals surface area contributed by atoms with Gasteiger partial charge in [-0.05, 0) is 55.2 Å². The van der Waals surface area contributed by atoms with E-state index in [4.69, 9.17) is 0 Å². The first kappa shape index (κ1) is 17.5. The fourth-order valence-corrected chi connectivity index (χ4v) is 2.30. The molecule has 0 aliphatic heterocycles. The number of rotatable bonds is 6. The lowest BCUT2D eigenvalue weighted by molar-refractivity contribution is 0.0947. The van der Waals surface area contributed by atoms with Crippen LogP contribution in [0.3, 0.4) is 0 Å². The van der Waals surface area contributed by atoms with E-state index in [0.717, 1.165) is 27.8 Å². The summed E-state index contributed by atoms with van der Waals surface area (Å²) in [5.74, 6) is 0.445. The molecule has 2 aromatic rings. The number of benzene rings is 1.